The maximum Gasteiger partial charge on any atom is 0.341 e. The Bertz CT molecular complexity index is 419. The van der Waals surface area contributed by atoms with Gasteiger partial charge in [0.05, 0.1) is 6.61 Å². The molecular formula is C15H18O3. The Labute approximate surface area is 107 Å². The minimum Gasteiger partial charge on any atom is -0.463 e. The molecule has 0 aliphatic carbocycles. The molecule has 0 radical (unpaired) electrons. The third-order valence-electron chi connectivity index (χ3n) is 2.44. The maximum atomic E-state index is 11.6. The second-order valence-corrected chi connectivity index (χ2v) is 4.11. The van der Waals surface area contributed by atoms with Crippen LogP contribution < -0.4 is 0 Å². The molecule has 0 aliphatic rings. The first-order chi connectivity index (χ1) is 8.56. The number of rotatable bonds is 6. The first-order valence-corrected chi connectivity index (χ1v) is 5.80. The van der Waals surface area contributed by atoms with E-state index >= 15 is 0 Å². The normalized spacial score (nSPS) is 14.1. The Morgan fingerprint density at radius 2 is 2.11 bits per heavy atom. The lowest BCUT2D eigenvalue weighted by Crippen LogP contribution is -2.35. The fourth-order valence-corrected chi connectivity index (χ4v) is 1.38. The topological polar surface area (TPSA) is 46.5 Å². The van der Waals surface area contributed by atoms with Crippen LogP contribution in [0.4, 0.5) is 0 Å². The standard InChI is InChI=1S/C15H18O3/c1-3-4-11-15(2,17)14(16)18-12-10-13-8-6-5-7-9-13/h3-9,11,17H,1,10,12H2,2H3/b11-4+. The summed E-state index contributed by atoms with van der Waals surface area (Å²) < 4.78 is 5.03. The van der Waals surface area contributed by atoms with Crippen molar-refractivity contribution in [3.05, 3.63) is 60.7 Å². The van der Waals surface area contributed by atoms with E-state index in [0.29, 0.717) is 6.42 Å². The molecule has 0 aromatic heterocycles. The zero-order valence-electron chi connectivity index (χ0n) is 10.5. The zero-order chi connectivity index (χ0) is 13.4. The van der Waals surface area contributed by atoms with Crippen molar-refractivity contribution in [3.63, 3.8) is 0 Å². The van der Waals surface area contributed by atoms with Gasteiger partial charge in [-0.05, 0) is 18.6 Å². The summed E-state index contributed by atoms with van der Waals surface area (Å²) in [6.45, 7) is 5.11. The zero-order valence-corrected chi connectivity index (χ0v) is 10.5. The lowest BCUT2D eigenvalue weighted by Gasteiger charge is -2.17. The first kappa shape index (κ1) is 14.2. The van der Waals surface area contributed by atoms with E-state index in [1.54, 1.807) is 0 Å². The number of allylic oxidation sites excluding steroid dienone is 2. The number of benzene rings is 1. The molecule has 0 saturated heterocycles. The summed E-state index contributed by atoms with van der Waals surface area (Å²) in [5, 5.41) is 9.80. The van der Waals surface area contributed by atoms with E-state index in [1.807, 2.05) is 30.3 Å². The molecule has 1 aromatic rings. The Kier molecular flexibility index (Phi) is 5.33. The molecule has 0 heterocycles. The van der Waals surface area contributed by atoms with Crippen LogP contribution >= 0.6 is 0 Å². The Hall–Kier alpha value is -1.87. The molecule has 1 rings (SSSR count). The summed E-state index contributed by atoms with van der Waals surface area (Å²) >= 11 is 0. The van der Waals surface area contributed by atoms with Crippen molar-refractivity contribution >= 4 is 5.97 Å². The van der Waals surface area contributed by atoms with Gasteiger partial charge in [0.2, 0.25) is 0 Å². The van der Waals surface area contributed by atoms with E-state index in [2.05, 4.69) is 6.58 Å². The van der Waals surface area contributed by atoms with Crippen LogP contribution in [-0.2, 0) is 16.0 Å². The molecule has 1 unspecified atom stereocenters. The summed E-state index contributed by atoms with van der Waals surface area (Å²) in [4.78, 5) is 11.6. The van der Waals surface area contributed by atoms with Gasteiger partial charge < -0.3 is 9.84 Å². The summed E-state index contributed by atoms with van der Waals surface area (Å²) in [6, 6.07) is 9.72. The number of ether oxygens (including phenoxy) is 1. The van der Waals surface area contributed by atoms with Crippen molar-refractivity contribution in [1.29, 1.82) is 0 Å². The minimum atomic E-state index is -1.61. The highest BCUT2D eigenvalue weighted by Crippen LogP contribution is 2.09. The van der Waals surface area contributed by atoms with Crippen LogP contribution in [0.25, 0.3) is 0 Å². The molecule has 0 aliphatic heterocycles. The largest absolute Gasteiger partial charge is 0.463 e. The molecular weight excluding hydrogens is 228 g/mol. The number of carbonyl (C=O) groups excluding carboxylic acids is 1. The van der Waals surface area contributed by atoms with Crippen LogP contribution in [0.1, 0.15) is 12.5 Å². The molecule has 3 heteroatoms. The first-order valence-electron chi connectivity index (χ1n) is 5.80. The fraction of sp³-hybridized carbons (Fsp3) is 0.267. The lowest BCUT2D eigenvalue weighted by molar-refractivity contribution is -0.158. The molecule has 0 amide bonds. The lowest BCUT2D eigenvalue weighted by atomic mass is 10.1. The minimum absolute atomic E-state index is 0.251. The molecule has 1 atom stereocenters. The van der Waals surface area contributed by atoms with Gasteiger partial charge in [-0.1, -0.05) is 49.1 Å². The van der Waals surface area contributed by atoms with E-state index in [-0.39, 0.29) is 6.61 Å². The third-order valence-corrected chi connectivity index (χ3v) is 2.44. The Morgan fingerprint density at radius 1 is 1.44 bits per heavy atom. The number of aliphatic hydroxyl groups is 1. The average Bonchev–Trinajstić information content (AvgIpc) is 2.37. The maximum absolute atomic E-state index is 11.6. The summed E-state index contributed by atoms with van der Waals surface area (Å²) in [7, 11) is 0. The van der Waals surface area contributed by atoms with Gasteiger partial charge in [0.25, 0.3) is 0 Å². The van der Waals surface area contributed by atoms with E-state index in [0.717, 1.165) is 5.56 Å². The highest BCUT2D eigenvalue weighted by atomic mass is 16.5. The van der Waals surface area contributed by atoms with Crippen molar-refractivity contribution in [2.45, 2.75) is 18.9 Å². The summed E-state index contributed by atoms with van der Waals surface area (Å²) in [5.41, 5.74) is -0.517. The van der Waals surface area contributed by atoms with Crippen LogP contribution in [0.3, 0.4) is 0 Å². The highest BCUT2D eigenvalue weighted by molar-refractivity contribution is 5.81. The van der Waals surface area contributed by atoms with E-state index in [1.165, 1.54) is 25.2 Å². The van der Waals surface area contributed by atoms with Gasteiger partial charge in [-0.3, -0.25) is 0 Å². The summed E-state index contributed by atoms with van der Waals surface area (Å²) in [6.07, 6.45) is 4.99. The summed E-state index contributed by atoms with van der Waals surface area (Å²) in [5.74, 6) is -0.656. The highest BCUT2D eigenvalue weighted by Gasteiger charge is 2.28. The molecule has 18 heavy (non-hydrogen) atoms. The Morgan fingerprint density at radius 3 is 2.72 bits per heavy atom. The van der Waals surface area contributed by atoms with Gasteiger partial charge in [-0.25, -0.2) is 4.79 Å². The van der Waals surface area contributed by atoms with Crippen LogP contribution in [0.2, 0.25) is 0 Å². The molecule has 0 spiro atoms. The molecule has 1 aromatic carbocycles. The van der Waals surface area contributed by atoms with Crippen LogP contribution in [0.15, 0.2) is 55.1 Å². The van der Waals surface area contributed by atoms with Crippen LogP contribution in [0, 0.1) is 0 Å². The smallest absolute Gasteiger partial charge is 0.341 e. The van der Waals surface area contributed by atoms with E-state index < -0.39 is 11.6 Å². The van der Waals surface area contributed by atoms with Crippen molar-refractivity contribution in [1.82, 2.24) is 0 Å². The van der Waals surface area contributed by atoms with Gasteiger partial charge in [0, 0.05) is 6.42 Å². The van der Waals surface area contributed by atoms with Crippen molar-refractivity contribution in [2.75, 3.05) is 6.61 Å². The van der Waals surface area contributed by atoms with Crippen molar-refractivity contribution in [2.24, 2.45) is 0 Å². The molecule has 96 valence electrons. The van der Waals surface area contributed by atoms with Gasteiger partial charge in [0.1, 0.15) is 0 Å². The SMILES string of the molecule is C=C/C=C/C(C)(O)C(=O)OCCc1ccccc1. The second-order valence-electron chi connectivity index (χ2n) is 4.11. The fourth-order valence-electron chi connectivity index (χ4n) is 1.38. The van der Waals surface area contributed by atoms with E-state index in [4.69, 9.17) is 4.74 Å². The quantitative estimate of drug-likeness (QED) is 0.618. The third kappa shape index (κ3) is 4.55. The van der Waals surface area contributed by atoms with E-state index in [9.17, 15) is 9.90 Å². The van der Waals surface area contributed by atoms with Gasteiger partial charge >= 0.3 is 5.97 Å². The molecule has 1 N–H and O–H groups in total. The van der Waals surface area contributed by atoms with Crippen LogP contribution in [-0.4, -0.2) is 23.3 Å². The molecule has 0 bridgehead atoms. The second kappa shape index (κ2) is 6.77. The number of esters is 1. The molecule has 3 nitrogen and oxygen atoms in total. The number of hydrogen-bond donors (Lipinski definition) is 1. The van der Waals surface area contributed by atoms with Gasteiger partial charge in [-0.15, -0.1) is 0 Å². The van der Waals surface area contributed by atoms with Gasteiger partial charge in [-0.2, -0.15) is 0 Å². The van der Waals surface area contributed by atoms with Crippen molar-refractivity contribution < 1.29 is 14.6 Å². The predicted octanol–water partition coefficient (Wildman–Crippen LogP) is 2.27. The van der Waals surface area contributed by atoms with Gasteiger partial charge in [0.15, 0.2) is 5.60 Å². The monoisotopic (exact) mass is 246 g/mol. The Balaban J connectivity index is 2.42. The molecule has 0 saturated carbocycles. The number of hydrogen-bond acceptors (Lipinski definition) is 3. The molecule has 0 fully saturated rings. The average molecular weight is 246 g/mol. The predicted molar refractivity (Wildman–Crippen MR) is 71.1 cm³/mol. The van der Waals surface area contributed by atoms with Crippen LogP contribution in [0.5, 0.6) is 0 Å². The van der Waals surface area contributed by atoms with Crippen molar-refractivity contribution in [3.8, 4) is 0 Å². The number of carbonyl (C=O) groups is 1.